The van der Waals surface area contributed by atoms with Gasteiger partial charge in [0.05, 0.1) is 15.5 Å². The normalized spacial score (nSPS) is 10.9. The third-order valence-corrected chi connectivity index (χ3v) is 2.40. The topological polar surface area (TPSA) is 55.2 Å². The van der Waals surface area contributed by atoms with Crippen molar-refractivity contribution >= 4 is 23.4 Å². The van der Waals surface area contributed by atoms with Crippen LogP contribution in [0.2, 0.25) is 5.02 Å². The molecule has 5 heteroatoms. The van der Waals surface area contributed by atoms with Gasteiger partial charge in [-0.3, -0.25) is 10.1 Å². The van der Waals surface area contributed by atoms with E-state index in [0.717, 1.165) is 13.0 Å². The van der Waals surface area contributed by atoms with Gasteiger partial charge in [0.25, 0.3) is 5.69 Å². The number of nitro groups is 1. The van der Waals surface area contributed by atoms with Gasteiger partial charge in [0, 0.05) is 6.07 Å². The van der Waals surface area contributed by atoms with Crippen molar-refractivity contribution in [2.75, 3.05) is 13.6 Å². The molecule has 1 N–H and O–H groups in total. The number of rotatable bonds is 5. The Balaban J connectivity index is 2.92. The summed E-state index contributed by atoms with van der Waals surface area (Å²) in [5, 5.41) is 14.1. The molecular weight excluding hydrogens is 228 g/mol. The Morgan fingerprint density at radius 3 is 2.94 bits per heavy atom. The van der Waals surface area contributed by atoms with E-state index in [9.17, 15) is 10.1 Å². The molecule has 16 heavy (non-hydrogen) atoms. The summed E-state index contributed by atoms with van der Waals surface area (Å²) in [6, 6.07) is 4.67. The zero-order valence-electron chi connectivity index (χ0n) is 8.94. The second-order valence-corrected chi connectivity index (χ2v) is 3.63. The van der Waals surface area contributed by atoms with Crippen molar-refractivity contribution in [3.8, 4) is 0 Å². The van der Waals surface area contributed by atoms with E-state index in [4.69, 9.17) is 11.6 Å². The molecule has 0 saturated carbocycles. The van der Waals surface area contributed by atoms with E-state index in [1.165, 1.54) is 6.07 Å². The molecule has 0 aromatic heterocycles. The van der Waals surface area contributed by atoms with E-state index < -0.39 is 4.92 Å². The summed E-state index contributed by atoms with van der Waals surface area (Å²) in [6.07, 6.45) is 4.36. The van der Waals surface area contributed by atoms with Gasteiger partial charge in [-0.2, -0.15) is 0 Å². The minimum absolute atomic E-state index is 0.0354. The molecule has 0 spiro atoms. The van der Waals surface area contributed by atoms with Gasteiger partial charge < -0.3 is 5.32 Å². The molecule has 0 saturated heterocycles. The third-order valence-electron chi connectivity index (χ3n) is 2.07. The van der Waals surface area contributed by atoms with Crippen LogP contribution >= 0.6 is 11.6 Å². The van der Waals surface area contributed by atoms with Crippen molar-refractivity contribution < 1.29 is 4.92 Å². The lowest BCUT2D eigenvalue weighted by Crippen LogP contribution is -2.05. The summed E-state index contributed by atoms with van der Waals surface area (Å²) in [5.74, 6) is 0. The molecule has 0 aliphatic rings. The van der Waals surface area contributed by atoms with Crippen molar-refractivity contribution in [2.45, 2.75) is 6.42 Å². The monoisotopic (exact) mass is 240 g/mol. The number of benzene rings is 1. The molecule has 1 aromatic rings. The van der Waals surface area contributed by atoms with Crippen LogP contribution in [0.25, 0.3) is 6.08 Å². The first-order valence-electron chi connectivity index (χ1n) is 4.91. The molecular formula is C11H13ClN2O2. The second kappa shape index (κ2) is 6.25. The van der Waals surface area contributed by atoms with Crippen LogP contribution in [-0.2, 0) is 0 Å². The molecule has 0 fully saturated rings. The summed E-state index contributed by atoms with van der Waals surface area (Å²) in [7, 11) is 1.85. The SMILES string of the molecule is CNCCC=Cc1c(Cl)cccc1[N+](=O)[O-]. The van der Waals surface area contributed by atoms with Crippen LogP contribution in [0.15, 0.2) is 24.3 Å². The Kier molecular flexibility index (Phi) is 4.95. The van der Waals surface area contributed by atoms with Gasteiger partial charge in [0.15, 0.2) is 0 Å². The van der Waals surface area contributed by atoms with Crippen molar-refractivity contribution in [1.29, 1.82) is 0 Å². The van der Waals surface area contributed by atoms with Crippen LogP contribution in [0.3, 0.4) is 0 Å². The average molecular weight is 241 g/mol. The summed E-state index contributed by atoms with van der Waals surface area (Å²) < 4.78 is 0. The Hall–Kier alpha value is -1.39. The Morgan fingerprint density at radius 2 is 2.31 bits per heavy atom. The van der Waals surface area contributed by atoms with E-state index in [2.05, 4.69) is 5.32 Å². The van der Waals surface area contributed by atoms with Gasteiger partial charge in [0.1, 0.15) is 0 Å². The summed E-state index contributed by atoms with van der Waals surface area (Å²) in [5.41, 5.74) is 0.499. The second-order valence-electron chi connectivity index (χ2n) is 3.22. The third kappa shape index (κ3) is 3.32. The number of nitrogens with zero attached hydrogens (tertiary/aromatic N) is 1. The molecule has 0 radical (unpaired) electrons. The van der Waals surface area contributed by atoms with Gasteiger partial charge >= 0.3 is 0 Å². The number of hydrogen-bond donors (Lipinski definition) is 1. The maximum atomic E-state index is 10.8. The van der Waals surface area contributed by atoms with Crippen molar-refractivity contribution in [3.05, 3.63) is 45.0 Å². The Bertz CT molecular complexity index is 405. The van der Waals surface area contributed by atoms with Gasteiger partial charge in [-0.05, 0) is 26.1 Å². The highest BCUT2D eigenvalue weighted by atomic mass is 35.5. The lowest BCUT2D eigenvalue weighted by molar-refractivity contribution is -0.385. The molecule has 0 atom stereocenters. The van der Waals surface area contributed by atoms with E-state index >= 15 is 0 Å². The van der Waals surface area contributed by atoms with E-state index in [-0.39, 0.29) is 5.69 Å². The first-order valence-corrected chi connectivity index (χ1v) is 5.28. The van der Waals surface area contributed by atoms with Crippen LogP contribution in [0.5, 0.6) is 0 Å². The van der Waals surface area contributed by atoms with E-state index in [1.807, 2.05) is 13.1 Å². The van der Waals surface area contributed by atoms with E-state index in [0.29, 0.717) is 10.6 Å². The number of hydrogen-bond acceptors (Lipinski definition) is 3. The fraction of sp³-hybridized carbons (Fsp3) is 0.273. The maximum absolute atomic E-state index is 10.8. The van der Waals surface area contributed by atoms with Gasteiger partial charge in [-0.1, -0.05) is 29.8 Å². The number of nitro benzene ring substituents is 1. The fourth-order valence-electron chi connectivity index (χ4n) is 1.28. The summed E-state index contributed by atoms with van der Waals surface area (Å²) >= 11 is 5.91. The van der Waals surface area contributed by atoms with Gasteiger partial charge in [0.2, 0.25) is 0 Å². The zero-order chi connectivity index (χ0) is 12.0. The van der Waals surface area contributed by atoms with Crippen molar-refractivity contribution in [2.24, 2.45) is 0 Å². The van der Waals surface area contributed by atoms with Crippen molar-refractivity contribution in [3.63, 3.8) is 0 Å². The number of halogens is 1. The molecule has 0 amide bonds. The minimum atomic E-state index is -0.427. The molecule has 0 aliphatic heterocycles. The largest absolute Gasteiger partial charge is 0.319 e. The zero-order valence-corrected chi connectivity index (χ0v) is 9.70. The number of nitrogens with one attached hydrogen (secondary N) is 1. The minimum Gasteiger partial charge on any atom is -0.319 e. The summed E-state index contributed by atoms with van der Waals surface area (Å²) in [4.78, 5) is 10.3. The lowest BCUT2D eigenvalue weighted by atomic mass is 10.1. The molecule has 0 unspecified atom stereocenters. The molecule has 0 bridgehead atoms. The predicted octanol–water partition coefficient (Wildman–Crippen LogP) is 2.87. The molecule has 1 rings (SSSR count). The molecule has 0 aliphatic carbocycles. The maximum Gasteiger partial charge on any atom is 0.278 e. The highest BCUT2D eigenvalue weighted by Gasteiger charge is 2.13. The highest BCUT2D eigenvalue weighted by molar-refractivity contribution is 6.32. The fourth-order valence-corrected chi connectivity index (χ4v) is 1.51. The van der Waals surface area contributed by atoms with Crippen LogP contribution in [0.1, 0.15) is 12.0 Å². The average Bonchev–Trinajstić information content (AvgIpc) is 2.25. The Labute approximate surface area is 99.1 Å². The quantitative estimate of drug-likeness (QED) is 0.489. The standard InChI is InChI=1S/C11H13ClN2O2/c1-13-8-3-2-5-9-10(12)6-4-7-11(9)14(15)16/h2,4-7,13H,3,8H2,1H3. The van der Waals surface area contributed by atoms with Crippen LogP contribution in [0.4, 0.5) is 5.69 Å². The molecule has 86 valence electrons. The molecule has 0 heterocycles. The molecule has 1 aromatic carbocycles. The first kappa shape index (κ1) is 12.7. The highest BCUT2D eigenvalue weighted by Crippen LogP contribution is 2.27. The smallest absolute Gasteiger partial charge is 0.278 e. The molecule has 4 nitrogen and oxygen atoms in total. The Morgan fingerprint density at radius 1 is 1.56 bits per heavy atom. The van der Waals surface area contributed by atoms with Gasteiger partial charge in [-0.25, -0.2) is 0 Å². The van der Waals surface area contributed by atoms with Crippen LogP contribution < -0.4 is 5.32 Å². The van der Waals surface area contributed by atoms with Crippen LogP contribution in [0, 0.1) is 10.1 Å². The predicted molar refractivity (Wildman–Crippen MR) is 65.7 cm³/mol. The van der Waals surface area contributed by atoms with Crippen molar-refractivity contribution in [1.82, 2.24) is 5.32 Å². The van der Waals surface area contributed by atoms with Gasteiger partial charge in [-0.15, -0.1) is 0 Å². The van der Waals surface area contributed by atoms with Crippen LogP contribution in [-0.4, -0.2) is 18.5 Å². The summed E-state index contributed by atoms with van der Waals surface area (Å²) in [6.45, 7) is 0.828. The lowest BCUT2D eigenvalue weighted by Gasteiger charge is -2.00. The van der Waals surface area contributed by atoms with E-state index in [1.54, 1.807) is 18.2 Å². The first-order chi connectivity index (χ1) is 7.66.